The summed E-state index contributed by atoms with van der Waals surface area (Å²) in [5, 5.41) is 4.91. The Balaban J connectivity index is 1.48. The summed E-state index contributed by atoms with van der Waals surface area (Å²) in [5.74, 6) is 0.887. The highest BCUT2D eigenvalue weighted by Crippen LogP contribution is 2.30. The third-order valence-corrected chi connectivity index (χ3v) is 3.60. The molecule has 24 heavy (non-hydrogen) atoms. The van der Waals surface area contributed by atoms with Gasteiger partial charge in [0.05, 0.1) is 6.54 Å². The Kier molecular flexibility index (Phi) is 4.65. The van der Waals surface area contributed by atoms with Crippen LogP contribution < -0.4 is 20.1 Å². The van der Waals surface area contributed by atoms with Crippen molar-refractivity contribution in [3.05, 3.63) is 59.7 Å². The highest BCUT2D eigenvalue weighted by molar-refractivity contribution is 6.04. The molecule has 1 aliphatic heterocycles. The van der Waals surface area contributed by atoms with Gasteiger partial charge < -0.3 is 14.8 Å². The molecule has 2 aromatic rings. The van der Waals surface area contributed by atoms with Gasteiger partial charge in [-0.05, 0) is 31.2 Å². The number of carbonyl (C=O) groups excluding carboxylic acids is 2. The summed E-state index contributed by atoms with van der Waals surface area (Å²) in [4.78, 5) is 23.8. The normalized spacial score (nSPS) is 15.5. The number of ether oxygens (including phenoxy) is 2. The molecule has 0 saturated heterocycles. The van der Waals surface area contributed by atoms with Crippen molar-refractivity contribution < 1.29 is 19.1 Å². The fourth-order valence-corrected chi connectivity index (χ4v) is 2.29. The maximum atomic E-state index is 12.0. The Labute approximate surface area is 139 Å². The minimum absolute atomic E-state index is 0.237. The third-order valence-electron chi connectivity index (χ3n) is 3.60. The summed E-state index contributed by atoms with van der Waals surface area (Å²) in [7, 11) is 0. The molecule has 0 bridgehead atoms. The SMILES string of the molecule is Cc1ccc(C(=O)NC(=O)NCC2COc3ccccc3O2)cc1. The van der Waals surface area contributed by atoms with Gasteiger partial charge in [-0.25, -0.2) is 4.79 Å². The molecule has 2 aromatic carbocycles. The van der Waals surface area contributed by atoms with E-state index in [2.05, 4.69) is 10.6 Å². The lowest BCUT2D eigenvalue weighted by molar-refractivity contribution is 0.0900. The molecule has 6 nitrogen and oxygen atoms in total. The number of hydrogen-bond donors (Lipinski definition) is 2. The molecule has 0 aliphatic carbocycles. The van der Waals surface area contributed by atoms with Crippen molar-refractivity contribution in [1.29, 1.82) is 0 Å². The molecule has 1 heterocycles. The molecule has 1 aliphatic rings. The van der Waals surface area contributed by atoms with Crippen LogP contribution >= 0.6 is 0 Å². The number of carbonyl (C=O) groups is 2. The van der Waals surface area contributed by atoms with Crippen LogP contribution in [0.15, 0.2) is 48.5 Å². The van der Waals surface area contributed by atoms with Gasteiger partial charge in [-0.2, -0.15) is 0 Å². The molecular weight excluding hydrogens is 308 g/mol. The lowest BCUT2D eigenvalue weighted by Crippen LogP contribution is -2.46. The van der Waals surface area contributed by atoms with Crippen molar-refractivity contribution in [1.82, 2.24) is 10.6 Å². The van der Waals surface area contributed by atoms with Gasteiger partial charge in [-0.15, -0.1) is 0 Å². The number of hydrogen-bond acceptors (Lipinski definition) is 4. The van der Waals surface area contributed by atoms with Gasteiger partial charge in [0.15, 0.2) is 17.6 Å². The molecule has 0 fully saturated rings. The molecular formula is C18H18N2O4. The van der Waals surface area contributed by atoms with E-state index in [4.69, 9.17) is 9.47 Å². The number of urea groups is 1. The van der Waals surface area contributed by atoms with Crippen LogP contribution in [0.2, 0.25) is 0 Å². The second kappa shape index (κ2) is 7.04. The molecule has 124 valence electrons. The van der Waals surface area contributed by atoms with Gasteiger partial charge in [0.25, 0.3) is 5.91 Å². The lowest BCUT2D eigenvalue weighted by Gasteiger charge is -2.26. The maximum absolute atomic E-state index is 12.0. The van der Waals surface area contributed by atoms with Crippen LogP contribution in [0.4, 0.5) is 4.79 Å². The molecule has 1 unspecified atom stereocenters. The Morgan fingerprint density at radius 3 is 2.54 bits per heavy atom. The first kappa shape index (κ1) is 15.9. The van der Waals surface area contributed by atoms with E-state index < -0.39 is 11.9 Å². The molecule has 0 saturated carbocycles. The van der Waals surface area contributed by atoms with Crippen molar-refractivity contribution >= 4 is 11.9 Å². The molecule has 6 heteroatoms. The number of aryl methyl sites for hydroxylation is 1. The first-order chi connectivity index (χ1) is 11.6. The monoisotopic (exact) mass is 326 g/mol. The molecule has 3 amide bonds. The molecule has 1 atom stereocenters. The van der Waals surface area contributed by atoms with Crippen LogP contribution in [0.5, 0.6) is 11.5 Å². The van der Waals surface area contributed by atoms with Crippen molar-refractivity contribution in [3.63, 3.8) is 0 Å². The van der Waals surface area contributed by atoms with Gasteiger partial charge in [-0.1, -0.05) is 29.8 Å². The number of rotatable bonds is 3. The van der Waals surface area contributed by atoms with Crippen LogP contribution in [0.3, 0.4) is 0 Å². The zero-order valence-corrected chi connectivity index (χ0v) is 13.2. The van der Waals surface area contributed by atoms with Gasteiger partial charge >= 0.3 is 6.03 Å². The predicted octanol–water partition coefficient (Wildman–Crippen LogP) is 2.27. The first-order valence-electron chi connectivity index (χ1n) is 7.66. The molecule has 0 radical (unpaired) electrons. The lowest BCUT2D eigenvalue weighted by atomic mass is 10.1. The minimum Gasteiger partial charge on any atom is -0.486 e. The predicted molar refractivity (Wildman–Crippen MR) is 88.4 cm³/mol. The summed E-state index contributed by atoms with van der Waals surface area (Å²) in [6.07, 6.45) is -0.305. The van der Waals surface area contributed by atoms with E-state index in [9.17, 15) is 9.59 Å². The largest absolute Gasteiger partial charge is 0.486 e. The molecule has 0 spiro atoms. The second-order valence-corrected chi connectivity index (χ2v) is 5.53. The van der Waals surface area contributed by atoms with E-state index in [-0.39, 0.29) is 12.6 Å². The summed E-state index contributed by atoms with van der Waals surface area (Å²) < 4.78 is 11.3. The fourth-order valence-electron chi connectivity index (χ4n) is 2.29. The maximum Gasteiger partial charge on any atom is 0.321 e. The number of para-hydroxylation sites is 2. The Hall–Kier alpha value is -3.02. The van der Waals surface area contributed by atoms with E-state index >= 15 is 0 Å². The summed E-state index contributed by atoms with van der Waals surface area (Å²) in [6.45, 7) is 2.50. The van der Waals surface area contributed by atoms with Gasteiger partial charge in [0, 0.05) is 5.56 Å². The van der Waals surface area contributed by atoms with Crippen LogP contribution in [-0.2, 0) is 0 Å². The quantitative estimate of drug-likeness (QED) is 0.907. The number of imide groups is 1. The third kappa shape index (κ3) is 3.84. The molecule has 3 rings (SSSR count). The van der Waals surface area contributed by atoms with Crippen molar-refractivity contribution in [3.8, 4) is 11.5 Å². The fraction of sp³-hybridized carbons (Fsp3) is 0.222. The van der Waals surface area contributed by atoms with E-state index in [1.54, 1.807) is 12.1 Å². The van der Waals surface area contributed by atoms with Crippen LogP contribution in [0.1, 0.15) is 15.9 Å². The Bertz CT molecular complexity index is 743. The number of fused-ring (bicyclic) bond motifs is 1. The van der Waals surface area contributed by atoms with E-state index in [1.165, 1.54) is 0 Å². The average molecular weight is 326 g/mol. The average Bonchev–Trinajstić information content (AvgIpc) is 2.60. The molecule has 0 aromatic heterocycles. The molecule has 2 N–H and O–H groups in total. The Morgan fingerprint density at radius 1 is 1.08 bits per heavy atom. The second-order valence-electron chi connectivity index (χ2n) is 5.53. The highest BCUT2D eigenvalue weighted by atomic mass is 16.6. The van der Waals surface area contributed by atoms with Crippen LogP contribution in [-0.4, -0.2) is 31.2 Å². The van der Waals surface area contributed by atoms with Gasteiger partial charge in [0.1, 0.15) is 6.61 Å². The van der Waals surface area contributed by atoms with Gasteiger partial charge in [0.2, 0.25) is 0 Å². The number of amides is 3. The summed E-state index contributed by atoms with van der Waals surface area (Å²) in [5.41, 5.74) is 1.48. The standard InChI is InChI=1S/C18H18N2O4/c1-12-6-8-13(9-7-12)17(21)20-18(22)19-10-14-11-23-15-4-2-3-5-16(15)24-14/h2-9,14H,10-11H2,1H3,(H2,19,20,21,22). The van der Waals surface area contributed by atoms with Crippen LogP contribution in [0.25, 0.3) is 0 Å². The topological polar surface area (TPSA) is 76.7 Å². The smallest absolute Gasteiger partial charge is 0.321 e. The summed E-state index contributed by atoms with van der Waals surface area (Å²) in [6, 6.07) is 13.8. The summed E-state index contributed by atoms with van der Waals surface area (Å²) >= 11 is 0. The van der Waals surface area contributed by atoms with E-state index in [0.29, 0.717) is 23.7 Å². The van der Waals surface area contributed by atoms with Gasteiger partial charge in [-0.3, -0.25) is 10.1 Å². The van der Waals surface area contributed by atoms with E-state index in [1.807, 2.05) is 43.3 Å². The highest BCUT2D eigenvalue weighted by Gasteiger charge is 2.21. The van der Waals surface area contributed by atoms with Crippen LogP contribution in [0, 0.1) is 6.92 Å². The zero-order chi connectivity index (χ0) is 16.9. The number of benzene rings is 2. The van der Waals surface area contributed by atoms with Crippen molar-refractivity contribution in [2.45, 2.75) is 13.0 Å². The Morgan fingerprint density at radius 2 is 1.79 bits per heavy atom. The van der Waals surface area contributed by atoms with Crippen molar-refractivity contribution in [2.75, 3.05) is 13.2 Å². The van der Waals surface area contributed by atoms with Crippen molar-refractivity contribution in [2.24, 2.45) is 0 Å². The minimum atomic E-state index is -0.567. The first-order valence-corrected chi connectivity index (χ1v) is 7.66. The zero-order valence-electron chi connectivity index (χ0n) is 13.2. The van der Waals surface area contributed by atoms with E-state index in [0.717, 1.165) is 5.56 Å². The number of nitrogens with one attached hydrogen (secondary N) is 2.